The van der Waals surface area contributed by atoms with Crippen molar-refractivity contribution in [3.63, 3.8) is 0 Å². The highest BCUT2D eigenvalue weighted by atomic mass is 32.1. The number of aromatic nitrogens is 1. The van der Waals surface area contributed by atoms with E-state index in [1.807, 2.05) is 24.1 Å². The van der Waals surface area contributed by atoms with Gasteiger partial charge < -0.3 is 14.6 Å². The van der Waals surface area contributed by atoms with E-state index in [9.17, 15) is 9.59 Å². The van der Waals surface area contributed by atoms with E-state index in [1.165, 1.54) is 11.3 Å². The third-order valence-electron chi connectivity index (χ3n) is 3.80. The number of ether oxygens (including phenoxy) is 1. The number of nitrogens with one attached hydrogen (secondary N) is 1. The molecule has 2 aromatic rings. The molecule has 1 aromatic heterocycles. The van der Waals surface area contributed by atoms with Crippen molar-refractivity contribution in [2.75, 3.05) is 32.1 Å². The summed E-state index contributed by atoms with van der Waals surface area (Å²) in [5.74, 6) is 0.677. The van der Waals surface area contributed by atoms with E-state index in [-0.39, 0.29) is 10.8 Å². The smallest absolute Gasteiger partial charge is 0.307 e. The third kappa shape index (κ3) is 4.94. The highest BCUT2D eigenvalue weighted by molar-refractivity contribution is 7.07. The third-order valence-corrected chi connectivity index (χ3v) is 4.69. The Hall–Kier alpha value is -2.12. The number of nitrogens with zero attached hydrogens (tertiary/aromatic N) is 2. The maximum atomic E-state index is 12.2. The topological polar surface area (TPSA) is 63.6 Å². The molecule has 0 spiro atoms. The average molecular weight is 349 g/mol. The van der Waals surface area contributed by atoms with E-state index in [0.717, 1.165) is 23.7 Å². The number of aryl methyl sites for hydroxylation is 1. The van der Waals surface area contributed by atoms with Gasteiger partial charge in [-0.1, -0.05) is 18.3 Å². The van der Waals surface area contributed by atoms with Crippen LogP contribution >= 0.6 is 11.3 Å². The van der Waals surface area contributed by atoms with E-state index in [0.29, 0.717) is 19.6 Å². The van der Waals surface area contributed by atoms with Gasteiger partial charge in [-0.25, -0.2) is 0 Å². The van der Waals surface area contributed by atoms with Crippen molar-refractivity contribution in [2.45, 2.75) is 20.4 Å². The summed E-state index contributed by atoms with van der Waals surface area (Å²) < 4.78 is 6.84. The molecule has 1 N–H and O–H groups in total. The average Bonchev–Trinajstić information content (AvgIpc) is 2.90. The number of methoxy groups -OCH3 is 1. The summed E-state index contributed by atoms with van der Waals surface area (Å²) in [4.78, 5) is 26.0. The van der Waals surface area contributed by atoms with Crippen molar-refractivity contribution in [2.24, 2.45) is 0 Å². The Balaban J connectivity index is 1.87. The number of carbonyl (C=O) groups excluding carboxylic acids is 1. The Labute approximate surface area is 145 Å². The maximum Gasteiger partial charge on any atom is 0.307 e. The molecule has 0 bridgehead atoms. The molecule has 1 heterocycles. The molecule has 0 fully saturated rings. The Morgan fingerprint density at radius 2 is 2.04 bits per heavy atom. The van der Waals surface area contributed by atoms with Crippen molar-refractivity contribution in [3.8, 4) is 5.75 Å². The molecule has 0 aliphatic rings. The van der Waals surface area contributed by atoms with Gasteiger partial charge in [0.25, 0.3) is 0 Å². The van der Waals surface area contributed by atoms with Crippen LogP contribution in [0.15, 0.2) is 34.4 Å². The molecule has 0 unspecified atom stereocenters. The molecule has 2 rings (SSSR count). The minimum absolute atomic E-state index is 0.0474. The first-order valence-corrected chi connectivity index (χ1v) is 8.72. The van der Waals surface area contributed by atoms with Gasteiger partial charge in [-0.2, -0.15) is 0 Å². The lowest BCUT2D eigenvalue weighted by atomic mass is 10.3. The molecule has 0 saturated carbocycles. The van der Waals surface area contributed by atoms with E-state index >= 15 is 0 Å². The second-order valence-electron chi connectivity index (χ2n) is 5.44. The first-order chi connectivity index (χ1) is 11.5. The van der Waals surface area contributed by atoms with Crippen molar-refractivity contribution < 1.29 is 9.53 Å². The van der Waals surface area contributed by atoms with Gasteiger partial charge in [0.05, 0.1) is 13.7 Å². The van der Waals surface area contributed by atoms with Crippen LogP contribution in [0, 0.1) is 6.92 Å². The molecule has 0 aliphatic heterocycles. The molecule has 0 saturated heterocycles. The van der Waals surface area contributed by atoms with E-state index in [1.54, 1.807) is 35.9 Å². The molecular formula is C17H23N3O3S. The molecule has 7 heteroatoms. The van der Waals surface area contributed by atoms with Crippen molar-refractivity contribution in [3.05, 3.63) is 45.0 Å². The number of benzene rings is 1. The minimum Gasteiger partial charge on any atom is -0.497 e. The van der Waals surface area contributed by atoms with Crippen LogP contribution in [-0.4, -0.2) is 42.1 Å². The number of thiazole rings is 1. The molecule has 6 nitrogen and oxygen atoms in total. The molecule has 0 aliphatic carbocycles. The van der Waals surface area contributed by atoms with Crippen LogP contribution in [0.1, 0.15) is 12.6 Å². The fourth-order valence-electron chi connectivity index (χ4n) is 2.34. The standard InChI is InChI=1S/C17H23N3O3S/c1-4-19(9-10-20-13(2)12-24-17(20)22)11-16(21)18-14-5-7-15(23-3)8-6-14/h5-8,12H,4,9-11H2,1-3H3,(H,18,21). The maximum absolute atomic E-state index is 12.2. The van der Waals surface area contributed by atoms with Gasteiger partial charge in [-0.15, -0.1) is 0 Å². The van der Waals surface area contributed by atoms with Gasteiger partial charge in [0.15, 0.2) is 0 Å². The molecule has 130 valence electrons. The number of likely N-dealkylation sites (N-methyl/N-ethyl adjacent to an activating group) is 1. The summed E-state index contributed by atoms with van der Waals surface area (Å²) in [5, 5.41) is 4.73. The Morgan fingerprint density at radius 3 is 2.58 bits per heavy atom. The molecule has 1 amide bonds. The highest BCUT2D eigenvalue weighted by Crippen LogP contribution is 2.14. The van der Waals surface area contributed by atoms with Gasteiger partial charge in [-0.05, 0) is 37.7 Å². The number of anilines is 1. The zero-order valence-electron chi connectivity index (χ0n) is 14.2. The molecule has 0 atom stereocenters. The number of hydrogen-bond donors (Lipinski definition) is 1. The minimum atomic E-state index is -0.0728. The van der Waals surface area contributed by atoms with Crippen molar-refractivity contribution in [1.29, 1.82) is 0 Å². The summed E-state index contributed by atoms with van der Waals surface area (Å²) in [6.45, 7) is 6.21. The van der Waals surface area contributed by atoms with Gasteiger partial charge >= 0.3 is 4.87 Å². The molecule has 0 radical (unpaired) electrons. The van der Waals surface area contributed by atoms with Gasteiger partial charge in [0.1, 0.15) is 5.75 Å². The van der Waals surface area contributed by atoms with Crippen LogP contribution in [-0.2, 0) is 11.3 Å². The largest absolute Gasteiger partial charge is 0.497 e. The van der Waals surface area contributed by atoms with Crippen LogP contribution < -0.4 is 14.9 Å². The van der Waals surface area contributed by atoms with E-state index in [2.05, 4.69) is 5.32 Å². The van der Waals surface area contributed by atoms with E-state index < -0.39 is 0 Å². The normalized spacial score (nSPS) is 10.8. The van der Waals surface area contributed by atoms with Crippen molar-refractivity contribution >= 4 is 22.9 Å². The quantitative estimate of drug-likeness (QED) is 0.793. The lowest BCUT2D eigenvalue weighted by Gasteiger charge is -2.20. The van der Waals surface area contributed by atoms with Crippen LogP contribution in [0.2, 0.25) is 0 Å². The summed E-state index contributed by atoms with van der Waals surface area (Å²) in [5.41, 5.74) is 1.70. The first-order valence-electron chi connectivity index (χ1n) is 7.84. The predicted octanol–water partition coefficient (Wildman–Crippen LogP) is 2.19. The fraction of sp³-hybridized carbons (Fsp3) is 0.412. The molecular weight excluding hydrogens is 326 g/mol. The van der Waals surface area contributed by atoms with Gasteiger partial charge in [0, 0.05) is 29.9 Å². The van der Waals surface area contributed by atoms with E-state index in [4.69, 9.17) is 4.74 Å². The zero-order chi connectivity index (χ0) is 17.5. The summed E-state index contributed by atoms with van der Waals surface area (Å²) in [7, 11) is 1.60. The Bertz CT molecular complexity index is 721. The number of amides is 1. The van der Waals surface area contributed by atoms with Crippen LogP contribution in [0.5, 0.6) is 5.75 Å². The van der Waals surface area contributed by atoms with Gasteiger partial charge in [-0.3, -0.25) is 14.5 Å². The lowest BCUT2D eigenvalue weighted by molar-refractivity contribution is -0.117. The second kappa shape index (κ2) is 8.65. The second-order valence-corrected chi connectivity index (χ2v) is 6.26. The zero-order valence-corrected chi connectivity index (χ0v) is 15.1. The summed E-state index contributed by atoms with van der Waals surface area (Å²) >= 11 is 1.21. The van der Waals surface area contributed by atoms with Crippen molar-refractivity contribution in [1.82, 2.24) is 9.47 Å². The fourth-order valence-corrected chi connectivity index (χ4v) is 3.10. The Kier molecular flexibility index (Phi) is 6.57. The summed E-state index contributed by atoms with van der Waals surface area (Å²) in [6.07, 6.45) is 0. The Morgan fingerprint density at radius 1 is 1.33 bits per heavy atom. The number of rotatable bonds is 8. The SMILES string of the molecule is CCN(CCn1c(C)csc1=O)CC(=O)Nc1ccc(OC)cc1. The first kappa shape index (κ1) is 18.2. The van der Waals surface area contributed by atoms with Gasteiger partial charge in [0.2, 0.25) is 5.91 Å². The van der Waals surface area contributed by atoms with Crippen LogP contribution in [0.25, 0.3) is 0 Å². The molecule has 24 heavy (non-hydrogen) atoms. The highest BCUT2D eigenvalue weighted by Gasteiger charge is 2.11. The number of carbonyl (C=O) groups is 1. The summed E-state index contributed by atoms with van der Waals surface area (Å²) in [6, 6.07) is 7.22. The molecule has 1 aromatic carbocycles. The predicted molar refractivity (Wildman–Crippen MR) is 97.1 cm³/mol. The van der Waals surface area contributed by atoms with Crippen LogP contribution in [0.4, 0.5) is 5.69 Å². The monoisotopic (exact) mass is 349 g/mol. The van der Waals surface area contributed by atoms with Crippen LogP contribution in [0.3, 0.4) is 0 Å². The lowest BCUT2D eigenvalue weighted by Crippen LogP contribution is -2.36. The number of hydrogen-bond acceptors (Lipinski definition) is 5.